The maximum atomic E-state index is 12.0. The van der Waals surface area contributed by atoms with Crippen molar-refractivity contribution < 1.29 is 14.4 Å². The Balaban J connectivity index is 1.76. The van der Waals surface area contributed by atoms with E-state index in [2.05, 4.69) is 10.6 Å². The lowest BCUT2D eigenvalue weighted by Crippen LogP contribution is -2.53. The lowest BCUT2D eigenvalue weighted by Gasteiger charge is -2.24. The van der Waals surface area contributed by atoms with Crippen molar-refractivity contribution in [2.45, 2.75) is 44.6 Å². The normalized spacial score (nSPS) is 24.8. The molecule has 0 spiro atoms. The number of carbonyl (C=O) groups is 3. The fourth-order valence-corrected chi connectivity index (χ4v) is 2.53. The van der Waals surface area contributed by atoms with Crippen molar-refractivity contribution >= 4 is 17.7 Å². The topological polar surface area (TPSA) is 78.5 Å². The van der Waals surface area contributed by atoms with Gasteiger partial charge in [0.2, 0.25) is 17.7 Å². The average Bonchev–Trinajstić information content (AvgIpc) is 2.66. The summed E-state index contributed by atoms with van der Waals surface area (Å²) < 4.78 is 0. The van der Waals surface area contributed by atoms with E-state index in [1.54, 1.807) is 0 Å². The Bertz CT molecular complexity index is 362. The second-order valence-corrected chi connectivity index (χ2v) is 5.18. The molecule has 0 radical (unpaired) electrons. The Morgan fingerprint density at radius 3 is 2.53 bits per heavy atom. The third-order valence-corrected chi connectivity index (χ3v) is 3.70. The van der Waals surface area contributed by atoms with Gasteiger partial charge in [0.1, 0.15) is 0 Å². The zero-order valence-corrected chi connectivity index (χ0v) is 11.1. The molecule has 0 aromatic carbocycles. The fraction of sp³-hybridized carbons (Fsp3) is 0.769. The number of piperidine rings is 1. The second-order valence-electron chi connectivity index (χ2n) is 5.18. The predicted molar refractivity (Wildman–Crippen MR) is 69.2 cm³/mol. The first-order chi connectivity index (χ1) is 9.16. The number of nitrogens with one attached hydrogen (secondary N) is 2. The van der Waals surface area contributed by atoms with Crippen LogP contribution < -0.4 is 10.6 Å². The van der Waals surface area contributed by atoms with Gasteiger partial charge in [-0.25, -0.2) is 0 Å². The van der Waals surface area contributed by atoms with Gasteiger partial charge in [-0.1, -0.05) is 12.8 Å². The molecule has 2 aliphatic heterocycles. The highest BCUT2D eigenvalue weighted by atomic mass is 16.2. The van der Waals surface area contributed by atoms with Crippen molar-refractivity contribution in [1.82, 2.24) is 15.5 Å². The maximum absolute atomic E-state index is 12.0. The number of amides is 3. The molecular weight excluding hydrogens is 246 g/mol. The molecule has 0 aromatic heterocycles. The largest absolute Gasteiger partial charge is 0.342 e. The first-order valence-electron chi connectivity index (χ1n) is 7.01. The molecule has 2 heterocycles. The van der Waals surface area contributed by atoms with Crippen LogP contribution in [0.4, 0.5) is 0 Å². The molecule has 2 saturated heterocycles. The first kappa shape index (κ1) is 14.0. The molecule has 6 heteroatoms. The van der Waals surface area contributed by atoms with E-state index >= 15 is 0 Å². The van der Waals surface area contributed by atoms with E-state index in [0.717, 1.165) is 25.9 Å². The number of likely N-dealkylation sites (tertiary alicyclic amines) is 1. The average molecular weight is 267 g/mol. The van der Waals surface area contributed by atoms with Crippen LogP contribution in [-0.2, 0) is 14.4 Å². The van der Waals surface area contributed by atoms with Crippen molar-refractivity contribution in [2.75, 3.05) is 19.6 Å². The van der Waals surface area contributed by atoms with Crippen molar-refractivity contribution in [3.05, 3.63) is 0 Å². The Morgan fingerprint density at radius 2 is 1.89 bits per heavy atom. The molecule has 0 aromatic rings. The Kier molecular flexibility index (Phi) is 4.90. The minimum atomic E-state index is -0.423. The quantitative estimate of drug-likeness (QED) is 0.693. The molecule has 1 unspecified atom stereocenters. The molecular formula is C13H21N3O3. The Morgan fingerprint density at radius 1 is 1.21 bits per heavy atom. The monoisotopic (exact) mass is 267 g/mol. The predicted octanol–water partition coefficient (Wildman–Crippen LogP) is -0.216. The van der Waals surface area contributed by atoms with E-state index in [9.17, 15) is 14.4 Å². The number of carbonyl (C=O) groups excluding carboxylic acids is 3. The number of hydrogen-bond acceptors (Lipinski definition) is 4. The van der Waals surface area contributed by atoms with E-state index in [-0.39, 0.29) is 24.3 Å². The van der Waals surface area contributed by atoms with Crippen molar-refractivity contribution in [2.24, 2.45) is 0 Å². The molecule has 0 bridgehead atoms. The van der Waals surface area contributed by atoms with Crippen molar-refractivity contribution in [3.8, 4) is 0 Å². The van der Waals surface area contributed by atoms with Gasteiger partial charge in [0, 0.05) is 19.5 Å². The van der Waals surface area contributed by atoms with Gasteiger partial charge in [-0.3, -0.25) is 25.0 Å². The number of nitrogens with zero attached hydrogens (tertiary/aromatic N) is 1. The second kappa shape index (κ2) is 6.65. The minimum absolute atomic E-state index is 0.0478. The van der Waals surface area contributed by atoms with Crippen LogP contribution in [0.2, 0.25) is 0 Å². The fourth-order valence-electron chi connectivity index (χ4n) is 2.53. The van der Waals surface area contributed by atoms with Crippen molar-refractivity contribution in [3.63, 3.8) is 0 Å². The zero-order valence-electron chi connectivity index (χ0n) is 11.1. The van der Waals surface area contributed by atoms with Crippen LogP contribution in [0.5, 0.6) is 0 Å². The summed E-state index contributed by atoms with van der Waals surface area (Å²) in [6.07, 6.45) is 5.29. The Labute approximate surface area is 112 Å². The van der Waals surface area contributed by atoms with E-state index in [1.807, 2.05) is 4.90 Å². The van der Waals surface area contributed by atoms with Gasteiger partial charge in [0.05, 0.1) is 12.6 Å². The van der Waals surface area contributed by atoms with Crippen molar-refractivity contribution in [1.29, 1.82) is 0 Å². The first-order valence-corrected chi connectivity index (χ1v) is 7.01. The molecule has 2 N–H and O–H groups in total. The van der Waals surface area contributed by atoms with Gasteiger partial charge < -0.3 is 4.90 Å². The standard InChI is InChI=1S/C13H21N3O3/c17-11-6-5-10(13(19)15-11)14-9-12(18)16-7-3-1-2-4-8-16/h10,14H,1-9H2,(H,15,17,19). The molecule has 0 saturated carbocycles. The summed E-state index contributed by atoms with van der Waals surface area (Å²) in [6.45, 7) is 1.80. The lowest BCUT2D eigenvalue weighted by molar-refractivity contribution is -0.135. The lowest BCUT2D eigenvalue weighted by atomic mass is 10.1. The van der Waals surface area contributed by atoms with Crippen LogP contribution >= 0.6 is 0 Å². The molecule has 3 amide bonds. The SMILES string of the molecule is O=C1CCC(NCC(=O)N2CCCCCC2)C(=O)N1. The molecule has 1 atom stereocenters. The molecule has 0 aliphatic carbocycles. The summed E-state index contributed by atoms with van der Waals surface area (Å²) in [6, 6.07) is -0.423. The third-order valence-electron chi connectivity index (χ3n) is 3.70. The molecule has 106 valence electrons. The van der Waals surface area contributed by atoms with Crippen LogP contribution in [0.1, 0.15) is 38.5 Å². The summed E-state index contributed by atoms with van der Waals surface area (Å²) in [4.78, 5) is 36.4. The highest BCUT2D eigenvalue weighted by Gasteiger charge is 2.27. The van der Waals surface area contributed by atoms with Gasteiger partial charge in [0.15, 0.2) is 0 Å². The van der Waals surface area contributed by atoms with Crippen LogP contribution in [0.25, 0.3) is 0 Å². The van der Waals surface area contributed by atoms with Gasteiger partial charge in [0.25, 0.3) is 0 Å². The number of rotatable bonds is 3. The van der Waals surface area contributed by atoms with E-state index in [4.69, 9.17) is 0 Å². The van der Waals surface area contributed by atoms with Crippen LogP contribution in [0.15, 0.2) is 0 Å². The number of hydrogen-bond donors (Lipinski definition) is 2. The summed E-state index contributed by atoms with van der Waals surface area (Å²) >= 11 is 0. The van der Waals surface area contributed by atoms with Gasteiger partial charge in [-0.2, -0.15) is 0 Å². The van der Waals surface area contributed by atoms with Gasteiger partial charge in [-0.15, -0.1) is 0 Å². The zero-order chi connectivity index (χ0) is 13.7. The summed E-state index contributed by atoms with van der Waals surface area (Å²) in [5.41, 5.74) is 0. The molecule has 6 nitrogen and oxygen atoms in total. The van der Waals surface area contributed by atoms with Crippen LogP contribution in [0.3, 0.4) is 0 Å². The van der Waals surface area contributed by atoms with Gasteiger partial charge in [-0.05, 0) is 19.3 Å². The Hall–Kier alpha value is -1.43. The maximum Gasteiger partial charge on any atom is 0.243 e. The smallest absolute Gasteiger partial charge is 0.243 e. The summed E-state index contributed by atoms with van der Waals surface area (Å²) in [7, 11) is 0. The molecule has 2 aliphatic rings. The third kappa shape index (κ3) is 4.02. The van der Waals surface area contributed by atoms with Crippen LogP contribution in [0, 0.1) is 0 Å². The highest BCUT2D eigenvalue weighted by Crippen LogP contribution is 2.10. The van der Waals surface area contributed by atoms with Crippen LogP contribution in [-0.4, -0.2) is 48.3 Å². The van der Waals surface area contributed by atoms with Gasteiger partial charge >= 0.3 is 0 Å². The van der Waals surface area contributed by atoms with E-state index < -0.39 is 6.04 Å². The molecule has 19 heavy (non-hydrogen) atoms. The van der Waals surface area contributed by atoms with E-state index in [0.29, 0.717) is 12.8 Å². The molecule has 2 fully saturated rings. The van der Waals surface area contributed by atoms with E-state index in [1.165, 1.54) is 12.8 Å². The summed E-state index contributed by atoms with van der Waals surface area (Å²) in [5.74, 6) is -0.506. The molecule has 2 rings (SSSR count). The number of imide groups is 1. The highest BCUT2D eigenvalue weighted by molar-refractivity contribution is 6.00. The minimum Gasteiger partial charge on any atom is -0.342 e. The summed E-state index contributed by atoms with van der Waals surface area (Å²) in [5, 5.41) is 5.23.